The lowest BCUT2D eigenvalue weighted by atomic mass is 9.98. The van der Waals surface area contributed by atoms with Crippen LogP contribution < -0.4 is 0 Å². The van der Waals surface area contributed by atoms with Crippen LogP contribution in [0.4, 0.5) is 0 Å². The van der Waals surface area contributed by atoms with Gasteiger partial charge in [0, 0.05) is 5.25 Å². The van der Waals surface area contributed by atoms with Crippen LogP contribution in [-0.2, 0) is 0 Å². The second-order valence-corrected chi connectivity index (χ2v) is 5.12. The number of hydrogen-bond acceptors (Lipinski definition) is 1. The summed E-state index contributed by atoms with van der Waals surface area (Å²) in [5, 5.41) is 0.839. The fourth-order valence-corrected chi connectivity index (χ4v) is 2.99. The number of hydrogen-bond donors (Lipinski definition) is 0. The lowest BCUT2D eigenvalue weighted by Gasteiger charge is -2.12. The summed E-state index contributed by atoms with van der Waals surface area (Å²) < 4.78 is 0. The normalized spacial score (nSPS) is 29.1. The minimum atomic E-state index is 0.839. The summed E-state index contributed by atoms with van der Waals surface area (Å²) in [4.78, 5) is 1.61. The van der Waals surface area contributed by atoms with Crippen molar-refractivity contribution in [3.8, 4) is 0 Å². The van der Waals surface area contributed by atoms with Gasteiger partial charge in [0.2, 0.25) is 0 Å². The molecule has 0 N–H and O–H groups in total. The van der Waals surface area contributed by atoms with Gasteiger partial charge in [-0.2, -0.15) is 0 Å². The van der Waals surface area contributed by atoms with Crippen LogP contribution in [-0.4, -0.2) is 5.25 Å². The van der Waals surface area contributed by atoms with Crippen molar-refractivity contribution >= 4 is 11.8 Å². The molecule has 0 saturated heterocycles. The van der Waals surface area contributed by atoms with Crippen molar-refractivity contribution < 1.29 is 0 Å². The predicted octanol–water partition coefficient (Wildman–Crippen LogP) is 4.22. The average molecular weight is 184 g/mol. The van der Waals surface area contributed by atoms with E-state index in [2.05, 4.69) is 38.6 Å². The number of allylic oxidation sites excluding steroid dienone is 2. The van der Waals surface area contributed by atoms with E-state index in [4.69, 9.17) is 0 Å². The summed E-state index contributed by atoms with van der Waals surface area (Å²) in [6.07, 6.45) is 7.86. The molecular formula is C11H20S. The van der Waals surface area contributed by atoms with E-state index in [1.54, 1.807) is 4.91 Å². The third kappa shape index (κ3) is 2.55. The van der Waals surface area contributed by atoms with E-state index >= 15 is 0 Å². The Morgan fingerprint density at radius 1 is 1.42 bits per heavy atom. The molecule has 1 aliphatic rings. The highest BCUT2D eigenvalue weighted by Gasteiger charge is 2.22. The summed E-state index contributed by atoms with van der Waals surface area (Å²) in [6.45, 7) is 6.90. The molecule has 0 bridgehead atoms. The van der Waals surface area contributed by atoms with Crippen molar-refractivity contribution in [3.05, 3.63) is 11.0 Å². The van der Waals surface area contributed by atoms with Gasteiger partial charge in [0.25, 0.3) is 0 Å². The molecule has 0 aromatic carbocycles. The maximum absolute atomic E-state index is 2.50. The van der Waals surface area contributed by atoms with Crippen molar-refractivity contribution in [2.24, 2.45) is 5.92 Å². The quantitative estimate of drug-likeness (QED) is 0.630. The number of thioether (sulfide) groups is 1. The number of rotatable bonds is 4. The van der Waals surface area contributed by atoms with Gasteiger partial charge in [-0.3, -0.25) is 0 Å². The Labute approximate surface area is 80.8 Å². The smallest absolute Gasteiger partial charge is 0.0126 e. The zero-order valence-electron chi connectivity index (χ0n) is 8.47. The molecule has 2 atom stereocenters. The Bertz CT molecular complexity index is 160. The van der Waals surface area contributed by atoms with Gasteiger partial charge < -0.3 is 0 Å². The number of unbranched alkanes of at least 4 members (excludes halogenated alkanes) is 1. The van der Waals surface area contributed by atoms with Gasteiger partial charge in [-0.15, -0.1) is 11.8 Å². The van der Waals surface area contributed by atoms with Crippen LogP contribution in [0, 0.1) is 5.92 Å². The third-order valence-corrected chi connectivity index (χ3v) is 4.03. The second-order valence-electron chi connectivity index (χ2n) is 3.62. The van der Waals surface area contributed by atoms with Gasteiger partial charge in [0.1, 0.15) is 0 Å². The summed E-state index contributed by atoms with van der Waals surface area (Å²) >= 11 is 2.09. The van der Waals surface area contributed by atoms with Crippen LogP contribution in [0.15, 0.2) is 11.0 Å². The van der Waals surface area contributed by atoms with Gasteiger partial charge in [-0.1, -0.05) is 39.7 Å². The molecule has 70 valence electrons. The molecule has 0 nitrogen and oxygen atoms in total. The molecule has 0 amide bonds. The van der Waals surface area contributed by atoms with E-state index in [9.17, 15) is 0 Å². The van der Waals surface area contributed by atoms with E-state index < -0.39 is 0 Å². The maximum Gasteiger partial charge on any atom is 0.0126 e. The van der Waals surface area contributed by atoms with Gasteiger partial charge in [0.15, 0.2) is 0 Å². The molecule has 0 fully saturated rings. The van der Waals surface area contributed by atoms with Crippen molar-refractivity contribution in [2.75, 3.05) is 0 Å². The molecule has 1 aliphatic heterocycles. The van der Waals surface area contributed by atoms with E-state index in [1.165, 1.54) is 25.7 Å². The van der Waals surface area contributed by atoms with E-state index in [1.807, 2.05) is 0 Å². The fourth-order valence-electron chi connectivity index (χ4n) is 1.70. The van der Waals surface area contributed by atoms with Crippen LogP contribution in [0.1, 0.15) is 46.5 Å². The van der Waals surface area contributed by atoms with E-state index in [0.29, 0.717) is 0 Å². The Kier molecular flexibility index (Phi) is 4.20. The first-order chi connectivity index (χ1) is 5.77. The molecule has 1 heterocycles. The SMILES string of the molecule is CCCCC1C=C(CC)SC1C. The highest BCUT2D eigenvalue weighted by molar-refractivity contribution is 8.03. The molecule has 0 aliphatic carbocycles. The Balaban J connectivity index is 2.37. The predicted molar refractivity (Wildman–Crippen MR) is 58.4 cm³/mol. The van der Waals surface area contributed by atoms with Crippen LogP contribution >= 0.6 is 11.8 Å². The van der Waals surface area contributed by atoms with E-state index in [0.717, 1.165) is 11.2 Å². The lowest BCUT2D eigenvalue weighted by molar-refractivity contribution is 0.556. The second kappa shape index (κ2) is 4.96. The first-order valence-electron chi connectivity index (χ1n) is 5.15. The summed E-state index contributed by atoms with van der Waals surface area (Å²) in [6, 6.07) is 0. The highest BCUT2D eigenvalue weighted by atomic mass is 32.2. The molecule has 0 saturated carbocycles. The third-order valence-electron chi connectivity index (χ3n) is 2.58. The summed E-state index contributed by atoms with van der Waals surface area (Å²) in [5.41, 5.74) is 0. The Hall–Kier alpha value is 0.0900. The topological polar surface area (TPSA) is 0 Å². The van der Waals surface area contributed by atoms with Crippen LogP contribution in [0.2, 0.25) is 0 Å². The first kappa shape index (κ1) is 10.2. The van der Waals surface area contributed by atoms with Crippen molar-refractivity contribution in [1.82, 2.24) is 0 Å². The molecule has 0 aromatic rings. The van der Waals surface area contributed by atoms with Gasteiger partial charge in [-0.05, 0) is 23.7 Å². The van der Waals surface area contributed by atoms with Gasteiger partial charge in [-0.25, -0.2) is 0 Å². The Morgan fingerprint density at radius 2 is 2.17 bits per heavy atom. The van der Waals surface area contributed by atoms with Gasteiger partial charge in [0.05, 0.1) is 0 Å². The standard InChI is InChI=1S/C11H20S/c1-4-6-7-10-8-11(5-2)12-9(10)3/h8-10H,4-7H2,1-3H3. The molecule has 2 unspecified atom stereocenters. The average Bonchev–Trinajstić information content (AvgIpc) is 2.43. The largest absolute Gasteiger partial charge is 0.127 e. The molecule has 0 spiro atoms. The van der Waals surface area contributed by atoms with Crippen molar-refractivity contribution in [2.45, 2.75) is 51.7 Å². The summed E-state index contributed by atoms with van der Waals surface area (Å²) in [5.74, 6) is 0.866. The van der Waals surface area contributed by atoms with Crippen molar-refractivity contribution in [1.29, 1.82) is 0 Å². The minimum Gasteiger partial charge on any atom is -0.127 e. The van der Waals surface area contributed by atoms with Crippen LogP contribution in [0.3, 0.4) is 0 Å². The molecular weight excluding hydrogens is 164 g/mol. The van der Waals surface area contributed by atoms with Crippen LogP contribution in [0.5, 0.6) is 0 Å². The monoisotopic (exact) mass is 184 g/mol. The molecule has 1 heteroatoms. The molecule has 12 heavy (non-hydrogen) atoms. The van der Waals surface area contributed by atoms with Crippen LogP contribution in [0.25, 0.3) is 0 Å². The molecule has 0 radical (unpaired) electrons. The minimum absolute atomic E-state index is 0.839. The van der Waals surface area contributed by atoms with Gasteiger partial charge >= 0.3 is 0 Å². The highest BCUT2D eigenvalue weighted by Crippen LogP contribution is 2.39. The zero-order valence-corrected chi connectivity index (χ0v) is 9.29. The summed E-state index contributed by atoms with van der Waals surface area (Å²) in [7, 11) is 0. The van der Waals surface area contributed by atoms with Crippen molar-refractivity contribution in [3.63, 3.8) is 0 Å². The maximum atomic E-state index is 2.50. The molecule has 1 rings (SSSR count). The molecule has 0 aromatic heterocycles. The first-order valence-corrected chi connectivity index (χ1v) is 6.03. The van der Waals surface area contributed by atoms with E-state index in [-0.39, 0.29) is 0 Å². The zero-order chi connectivity index (χ0) is 8.97. The fraction of sp³-hybridized carbons (Fsp3) is 0.818. The lowest BCUT2D eigenvalue weighted by Crippen LogP contribution is -2.06. The Morgan fingerprint density at radius 3 is 2.67 bits per heavy atom.